The van der Waals surface area contributed by atoms with Crippen LogP contribution in [0.2, 0.25) is 0 Å². The molecule has 2 aromatic rings. The number of fused-ring (bicyclic) bond motifs is 1. The van der Waals surface area contributed by atoms with Gasteiger partial charge in [-0.1, -0.05) is 36.4 Å². The average Bonchev–Trinajstić information content (AvgIpc) is 2.94. The normalized spacial score (nSPS) is 16.6. The largest absolute Gasteiger partial charge is 0.364 e. The molecule has 1 atom stereocenters. The highest BCUT2D eigenvalue weighted by Crippen LogP contribution is 2.35. The van der Waals surface area contributed by atoms with Crippen molar-refractivity contribution in [3.05, 3.63) is 65.5 Å². The number of nitrogens with zero attached hydrogens (tertiary/aromatic N) is 1. The lowest BCUT2D eigenvalue weighted by Crippen LogP contribution is -2.53. The van der Waals surface area contributed by atoms with Crippen molar-refractivity contribution in [2.45, 2.75) is 25.3 Å². The number of hydrogen-bond donors (Lipinski definition) is 1. The fourth-order valence-electron chi connectivity index (χ4n) is 3.23. The molecule has 0 saturated carbocycles. The Morgan fingerprint density at radius 1 is 1.14 bits per heavy atom. The van der Waals surface area contributed by atoms with Crippen LogP contribution in [0.3, 0.4) is 0 Å². The van der Waals surface area contributed by atoms with E-state index in [2.05, 4.69) is 36.1 Å². The van der Waals surface area contributed by atoms with Crippen molar-refractivity contribution in [3.63, 3.8) is 0 Å². The van der Waals surface area contributed by atoms with Gasteiger partial charge in [0.1, 0.15) is 5.82 Å². The minimum absolute atomic E-state index is 0.148. The van der Waals surface area contributed by atoms with Gasteiger partial charge in [0.15, 0.2) is 0 Å². The Morgan fingerprint density at radius 3 is 2.62 bits per heavy atom. The molecule has 3 heteroatoms. The molecular weight excluding hydrogens is 263 g/mol. The zero-order valence-corrected chi connectivity index (χ0v) is 12.3. The molecule has 0 aromatic heterocycles. The first-order valence-corrected chi connectivity index (χ1v) is 7.43. The Bertz CT molecular complexity index is 641. The predicted molar refractivity (Wildman–Crippen MR) is 85.1 cm³/mol. The standard InChI is InChI=1S/C18H21FN2/c1-18(13-20,12-15-7-2-4-8-16(15)19)21-11-10-14-6-3-5-9-17(14)21/h2-9H,10-13,20H2,1H3. The third-order valence-electron chi connectivity index (χ3n) is 4.51. The Labute approximate surface area is 125 Å². The maximum atomic E-state index is 14.0. The molecule has 0 aliphatic carbocycles. The summed E-state index contributed by atoms with van der Waals surface area (Å²) in [7, 11) is 0. The fourth-order valence-corrected chi connectivity index (χ4v) is 3.23. The van der Waals surface area contributed by atoms with E-state index < -0.39 is 0 Å². The summed E-state index contributed by atoms with van der Waals surface area (Å²) in [5.74, 6) is -0.148. The summed E-state index contributed by atoms with van der Waals surface area (Å²) in [6.07, 6.45) is 1.65. The summed E-state index contributed by atoms with van der Waals surface area (Å²) in [6.45, 7) is 3.57. The number of hydrogen-bond acceptors (Lipinski definition) is 2. The first-order valence-electron chi connectivity index (χ1n) is 7.43. The lowest BCUT2D eigenvalue weighted by molar-refractivity contribution is 0.427. The summed E-state index contributed by atoms with van der Waals surface area (Å²) >= 11 is 0. The fraction of sp³-hybridized carbons (Fsp3) is 0.333. The highest BCUT2D eigenvalue weighted by Gasteiger charge is 2.35. The molecule has 110 valence electrons. The molecule has 3 rings (SSSR count). The second-order valence-corrected chi connectivity index (χ2v) is 6.00. The number of para-hydroxylation sites is 1. The predicted octanol–water partition coefficient (Wildman–Crippen LogP) is 3.15. The number of halogens is 1. The monoisotopic (exact) mass is 284 g/mol. The molecule has 0 spiro atoms. The van der Waals surface area contributed by atoms with Crippen LogP contribution in [-0.4, -0.2) is 18.6 Å². The molecule has 1 unspecified atom stereocenters. The molecule has 0 amide bonds. The molecule has 1 aliphatic heterocycles. The van der Waals surface area contributed by atoms with Gasteiger partial charge in [0.05, 0.1) is 5.54 Å². The quantitative estimate of drug-likeness (QED) is 0.934. The Balaban J connectivity index is 1.93. The van der Waals surface area contributed by atoms with Gasteiger partial charge in [0, 0.05) is 18.8 Å². The molecule has 21 heavy (non-hydrogen) atoms. The highest BCUT2D eigenvalue weighted by atomic mass is 19.1. The molecular formula is C18H21FN2. The van der Waals surface area contributed by atoms with Crippen LogP contribution in [0.1, 0.15) is 18.1 Å². The highest BCUT2D eigenvalue weighted by molar-refractivity contribution is 5.60. The zero-order chi connectivity index (χ0) is 14.9. The van der Waals surface area contributed by atoms with Crippen molar-refractivity contribution >= 4 is 5.69 Å². The van der Waals surface area contributed by atoms with E-state index in [9.17, 15) is 4.39 Å². The lowest BCUT2D eigenvalue weighted by Gasteiger charge is -2.40. The van der Waals surface area contributed by atoms with Crippen molar-refractivity contribution in [1.82, 2.24) is 0 Å². The summed E-state index contributed by atoms with van der Waals surface area (Å²) in [5, 5.41) is 0. The molecule has 2 N–H and O–H groups in total. The first kappa shape index (κ1) is 14.1. The molecule has 0 radical (unpaired) electrons. The number of anilines is 1. The summed E-state index contributed by atoms with van der Waals surface area (Å²) in [6, 6.07) is 15.4. The number of nitrogens with two attached hydrogens (primary N) is 1. The number of benzene rings is 2. The van der Waals surface area contributed by atoms with Crippen LogP contribution in [0.15, 0.2) is 48.5 Å². The van der Waals surface area contributed by atoms with Gasteiger partial charge in [-0.2, -0.15) is 0 Å². The third kappa shape index (κ3) is 2.54. The van der Waals surface area contributed by atoms with Gasteiger partial charge < -0.3 is 10.6 Å². The van der Waals surface area contributed by atoms with Crippen LogP contribution in [0, 0.1) is 5.82 Å². The Kier molecular flexibility index (Phi) is 3.68. The van der Waals surface area contributed by atoms with E-state index in [1.165, 1.54) is 17.3 Å². The van der Waals surface area contributed by atoms with Gasteiger partial charge >= 0.3 is 0 Å². The van der Waals surface area contributed by atoms with Crippen molar-refractivity contribution in [3.8, 4) is 0 Å². The maximum Gasteiger partial charge on any atom is 0.126 e. The summed E-state index contributed by atoms with van der Waals surface area (Å²) < 4.78 is 14.0. The van der Waals surface area contributed by atoms with E-state index in [0.717, 1.165) is 18.5 Å². The average molecular weight is 284 g/mol. The molecule has 0 fully saturated rings. The van der Waals surface area contributed by atoms with Crippen molar-refractivity contribution in [2.75, 3.05) is 18.0 Å². The van der Waals surface area contributed by atoms with Crippen LogP contribution in [-0.2, 0) is 12.8 Å². The topological polar surface area (TPSA) is 29.3 Å². The van der Waals surface area contributed by atoms with Crippen LogP contribution in [0.5, 0.6) is 0 Å². The van der Waals surface area contributed by atoms with E-state index >= 15 is 0 Å². The summed E-state index contributed by atoms with van der Waals surface area (Å²) in [5.41, 5.74) is 9.13. The Morgan fingerprint density at radius 2 is 1.86 bits per heavy atom. The van der Waals surface area contributed by atoms with Gasteiger partial charge in [-0.05, 0) is 43.0 Å². The smallest absolute Gasteiger partial charge is 0.126 e. The lowest BCUT2D eigenvalue weighted by atomic mass is 9.90. The van der Waals surface area contributed by atoms with Gasteiger partial charge in [-0.25, -0.2) is 4.39 Å². The van der Waals surface area contributed by atoms with Gasteiger partial charge in [0.2, 0.25) is 0 Å². The second-order valence-electron chi connectivity index (χ2n) is 6.00. The molecule has 0 saturated heterocycles. The Hall–Kier alpha value is -1.87. The molecule has 2 nitrogen and oxygen atoms in total. The van der Waals surface area contributed by atoms with Crippen molar-refractivity contribution in [2.24, 2.45) is 5.73 Å². The van der Waals surface area contributed by atoms with Gasteiger partial charge in [-0.3, -0.25) is 0 Å². The molecule has 1 heterocycles. The van der Waals surface area contributed by atoms with E-state index in [-0.39, 0.29) is 11.4 Å². The van der Waals surface area contributed by atoms with Crippen LogP contribution < -0.4 is 10.6 Å². The van der Waals surface area contributed by atoms with Crippen LogP contribution in [0.25, 0.3) is 0 Å². The first-order chi connectivity index (χ1) is 10.1. The zero-order valence-electron chi connectivity index (χ0n) is 12.3. The van der Waals surface area contributed by atoms with Crippen molar-refractivity contribution < 1.29 is 4.39 Å². The van der Waals surface area contributed by atoms with E-state index in [1.54, 1.807) is 6.07 Å². The molecule has 0 bridgehead atoms. The van der Waals surface area contributed by atoms with Crippen molar-refractivity contribution in [1.29, 1.82) is 0 Å². The third-order valence-corrected chi connectivity index (χ3v) is 4.51. The summed E-state index contributed by atoms with van der Waals surface area (Å²) in [4.78, 5) is 2.34. The second kappa shape index (κ2) is 5.49. The minimum atomic E-state index is -0.269. The van der Waals surface area contributed by atoms with Crippen LogP contribution >= 0.6 is 0 Å². The van der Waals surface area contributed by atoms with E-state index in [4.69, 9.17) is 5.73 Å². The van der Waals surface area contributed by atoms with Gasteiger partial charge in [0.25, 0.3) is 0 Å². The van der Waals surface area contributed by atoms with Crippen LogP contribution in [0.4, 0.5) is 10.1 Å². The molecule has 2 aromatic carbocycles. The van der Waals surface area contributed by atoms with E-state index in [1.807, 2.05) is 12.1 Å². The number of rotatable bonds is 4. The SMILES string of the molecule is CC(CN)(Cc1ccccc1F)N1CCc2ccccc21. The molecule has 1 aliphatic rings. The minimum Gasteiger partial charge on any atom is -0.364 e. The van der Waals surface area contributed by atoms with E-state index in [0.29, 0.717) is 13.0 Å². The van der Waals surface area contributed by atoms with Gasteiger partial charge in [-0.15, -0.1) is 0 Å². The maximum absolute atomic E-state index is 14.0.